The summed E-state index contributed by atoms with van der Waals surface area (Å²) in [4.78, 5) is 3.52. The number of rotatable bonds is 5. The average molecular weight is 308 g/mol. The van der Waals surface area contributed by atoms with Crippen LogP contribution < -0.4 is 10.6 Å². The molecule has 0 bridgehead atoms. The summed E-state index contributed by atoms with van der Waals surface area (Å²) in [5.74, 6) is 0.0349. The number of amidine groups is 1. The van der Waals surface area contributed by atoms with Crippen molar-refractivity contribution >= 4 is 34.5 Å². The average Bonchev–Trinajstić information content (AvgIpc) is 2.90. The standard InChI is InChI=1S/C15H18ClN3S/c1-10(8-12-4-3-7-20-12)19(2)14-6-5-11(15(17)18)9-13(14)16/h3-7,9-10H,8H2,1-2H3,(H3,17,18). The number of nitrogens with zero attached hydrogens (tertiary/aromatic N) is 1. The van der Waals surface area contributed by atoms with Crippen LogP contribution in [0.3, 0.4) is 0 Å². The zero-order valence-corrected chi connectivity index (χ0v) is 13.1. The van der Waals surface area contributed by atoms with Crippen molar-refractivity contribution in [1.29, 1.82) is 5.41 Å². The Morgan fingerprint density at radius 2 is 2.20 bits per heavy atom. The second kappa shape index (κ2) is 6.29. The molecule has 0 amide bonds. The third-order valence-electron chi connectivity index (χ3n) is 3.38. The largest absolute Gasteiger partial charge is 0.384 e. The molecule has 3 N–H and O–H groups in total. The lowest BCUT2D eigenvalue weighted by atomic mass is 10.1. The van der Waals surface area contributed by atoms with Crippen LogP contribution in [0.4, 0.5) is 5.69 Å². The normalized spacial score (nSPS) is 12.2. The molecule has 1 unspecified atom stereocenters. The van der Waals surface area contributed by atoms with Crippen LogP contribution in [0.15, 0.2) is 35.7 Å². The highest BCUT2D eigenvalue weighted by Gasteiger charge is 2.14. The van der Waals surface area contributed by atoms with E-state index in [2.05, 4.69) is 29.3 Å². The Hall–Kier alpha value is -1.52. The van der Waals surface area contributed by atoms with Crippen molar-refractivity contribution in [1.82, 2.24) is 0 Å². The second-order valence-electron chi connectivity index (χ2n) is 4.82. The molecule has 20 heavy (non-hydrogen) atoms. The van der Waals surface area contributed by atoms with Gasteiger partial charge in [0.1, 0.15) is 5.84 Å². The summed E-state index contributed by atoms with van der Waals surface area (Å²) in [6.45, 7) is 2.18. The summed E-state index contributed by atoms with van der Waals surface area (Å²) in [5, 5.41) is 10.1. The molecule has 0 aliphatic heterocycles. The topological polar surface area (TPSA) is 53.1 Å². The first kappa shape index (κ1) is 14.9. The van der Waals surface area contributed by atoms with Gasteiger partial charge in [-0.2, -0.15) is 0 Å². The Morgan fingerprint density at radius 3 is 2.75 bits per heavy atom. The van der Waals surface area contributed by atoms with Crippen molar-refractivity contribution in [2.45, 2.75) is 19.4 Å². The maximum absolute atomic E-state index is 7.43. The van der Waals surface area contributed by atoms with E-state index in [0.717, 1.165) is 12.1 Å². The molecule has 2 rings (SSSR count). The fraction of sp³-hybridized carbons (Fsp3) is 0.267. The van der Waals surface area contributed by atoms with Gasteiger partial charge >= 0.3 is 0 Å². The minimum Gasteiger partial charge on any atom is -0.384 e. The first-order chi connectivity index (χ1) is 9.49. The van der Waals surface area contributed by atoms with Crippen LogP contribution in [0, 0.1) is 5.41 Å². The third-order valence-corrected chi connectivity index (χ3v) is 4.58. The highest BCUT2D eigenvalue weighted by atomic mass is 35.5. The van der Waals surface area contributed by atoms with Crippen LogP contribution in [-0.2, 0) is 6.42 Å². The summed E-state index contributed by atoms with van der Waals surface area (Å²) in [6.07, 6.45) is 0.985. The fourth-order valence-corrected chi connectivity index (χ4v) is 3.20. The van der Waals surface area contributed by atoms with Gasteiger partial charge in [0.15, 0.2) is 0 Å². The minimum atomic E-state index is 0.0349. The van der Waals surface area contributed by atoms with E-state index in [1.165, 1.54) is 4.88 Å². The predicted molar refractivity (Wildman–Crippen MR) is 88.4 cm³/mol. The molecule has 5 heteroatoms. The number of benzene rings is 1. The van der Waals surface area contributed by atoms with Crippen LogP contribution in [0.5, 0.6) is 0 Å². The molecule has 106 valence electrons. The lowest BCUT2D eigenvalue weighted by Gasteiger charge is -2.28. The van der Waals surface area contributed by atoms with Crippen molar-refractivity contribution in [3.8, 4) is 0 Å². The van der Waals surface area contributed by atoms with Crippen LogP contribution in [-0.4, -0.2) is 18.9 Å². The molecule has 1 aromatic heterocycles. The summed E-state index contributed by atoms with van der Waals surface area (Å²) in [7, 11) is 2.03. The molecular formula is C15H18ClN3S. The van der Waals surface area contributed by atoms with Crippen LogP contribution in [0.2, 0.25) is 5.02 Å². The molecule has 0 spiro atoms. The number of halogens is 1. The number of likely N-dealkylation sites (N-methyl/N-ethyl adjacent to an activating group) is 1. The Labute approximate surface area is 128 Å². The SMILES string of the molecule is CC(Cc1cccs1)N(C)c1ccc(C(=N)N)cc1Cl. The monoisotopic (exact) mass is 307 g/mol. The van der Waals surface area contributed by atoms with Gasteiger partial charge in [-0.25, -0.2) is 0 Å². The number of hydrogen-bond acceptors (Lipinski definition) is 3. The maximum Gasteiger partial charge on any atom is 0.122 e. The molecule has 0 saturated carbocycles. The van der Waals surface area contributed by atoms with Gasteiger partial charge in [-0.1, -0.05) is 17.7 Å². The zero-order valence-electron chi connectivity index (χ0n) is 11.6. The quantitative estimate of drug-likeness (QED) is 0.653. The van der Waals surface area contributed by atoms with Gasteiger partial charge in [0.25, 0.3) is 0 Å². The van der Waals surface area contributed by atoms with E-state index in [9.17, 15) is 0 Å². The number of nitrogen functional groups attached to an aromatic ring is 1. The molecule has 3 nitrogen and oxygen atoms in total. The Balaban J connectivity index is 2.16. The third kappa shape index (κ3) is 3.32. The van der Waals surface area contributed by atoms with Gasteiger partial charge in [-0.15, -0.1) is 11.3 Å². The van der Waals surface area contributed by atoms with Gasteiger partial charge in [0, 0.05) is 30.0 Å². The molecule has 0 aliphatic carbocycles. The lowest BCUT2D eigenvalue weighted by Crippen LogP contribution is -2.30. The molecule has 0 aliphatic rings. The molecule has 0 radical (unpaired) electrons. The van der Waals surface area contributed by atoms with Gasteiger partial charge < -0.3 is 10.6 Å². The molecule has 0 saturated heterocycles. The van der Waals surface area contributed by atoms with Gasteiger partial charge in [-0.05, 0) is 36.6 Å². The van der Waals surface area contributed by atoms with E-state index in [0.29, 0.717) is 16.6 Å². The number of nitrogens with two attached hydrogens (primary N) is 1. The zero-order chi connectivity index (χ0) is 14.7. The van der Waals surface area contributed by atoms with E-state index in [1.807, 2.05) is 19.2 Å². The second-order valence-corrected chi connectivity index (χ2v) is 6.26. The first-order valence-electron chi connectivity index (χ1n) is 6.38. The summed E-state index contributed by atoms with van der Waals surface area (Å²) < 4.78 is 0. The highest BCUT2D eigenvalue weighted by molar-refractivity contribution is 7.09. The Morgan fingerprint density at radius 1 is 1.45 bits per heavy atom. The molecule has 1 aromatic carbocycles. The van der Waals surface area contributed by atoms with Crippen molar-refractivity contribution in [3.63, 3.8) is 0 Å². The fourth-order valence-electron chi connectivity index (χ4n) is 2.05. The van der Waals surface area contributed by atoms with E-state index < -0.39 is 0 Å². The van der Waals surface area contributed by atoms with Crippen molar-refractivity contribution in [2.24, 2.45) is 5.73 Å². The van der Waals surface area contributed by atoms with Crippen molar-refractivity contribution in [2.75, 3.05) is 11.9 Å². The van der Waals surface area contributed by atoms with E-state index in [1.54, 1.807) is 17.4 Å². The molecule has 1 heterocycles. The number of hydrogen-bond donors (Lipinski definition) is 2. The summed E-state index contributed by atoms with van der Waals surface area (Å²) in [6, 6.07) is 10.1. The summed E-state index contributed by atoms with van der Waals surface area (Å²) >= 11 is 8.07. The summed E-state index contributed by atoms with van der Waals surface area (Å²) in [5.41, 5.74) is 7.08. The van der Waals surface area contributed by atoms with Crippen LogP contribution >= 0.6 is 22.9 Å². The maximum atomic E-state index is 7.43. The van der Waals surface area contributed by atoms with E-state index >= 15 is 0 Å². The number of anilines is 1. The van der Waals surface area contributed by atoms with E-state index in [-0.39, 0.29) is 5.84 Å². The highest BCUT2D eigenvalue weighted by Crippen LogP contribution is 2.28. The van der Waals surface area contributed by atoms with Gasteiger partial charge in [0.2, 0.25) is 0 Å². The smallest absolute Gasteiger partial charge is 0.122 e. The van der Waals surface area contributed by atoms with Gasteiger partial charge in [0.05, 0.1) is 10.7 Å². The Bertz CT molecular complexity index is 595. The molecule has 2 aromatic rings. The van der Waals surface area contributed by atoms with E-state index in [4.69, 9.17) is 22.7 Å². The molecule has 0 fully saturated rings. The minimum absolute atomic E-state index is 0.0349. The van der Waals surface area contributed by atoms with Crippen LogP contribution in [0.1, 0.15) is 17.4 Å². The van der Waals surface area contributed by atoms with Crippen molar-refractivity contribution in [3.05, 3.63) is 51.2 Å². The van der Waals surface area contributed by atoms with Crippen LogP contribution in [0.25, 0.3) is 0 Å². The van der Waals surface area contributed by atoms with Crippen molar-refractivity contribution < 1.29 is 0 Å². The van der Waals surface area contributed by atoms with Gasteiger partial charge in [-0.3, -0.25) is 5.41 Å². The number of thiophene rings is 1. The first-order valence-corrected chi connectivity index (χ1v) is 7.64. The number of nitrogens with one attached hydrogen (secondary N) is 1. The predicted octanol–water partition coefficient (Wildman–Crippen LogP) is 3.75. The molecular weight excluding hydrogens is 290 g/mol. The molecule has 1 atom stereocenters. The lowest BCUT2D eigenvalue weighted by molar-refractivity contribution is 0.688. The Kier molecular flexibility index (Phi) is 4.68.